The van der Waals surface area contributed by atoms with Crippen LogP contribution in [0.1, 0.15) is 15.9 Å². The molecule has 0 aliphatic rings. The van der Waals surface area contributed by atoms with Crippen molar-refractivity contribution in [3.8, 4) is 0 Å². The van der Waals surface area contributed by atoms with E-state index < -0.39 is 40.2 Å². The summed E-state index contributed by atoms with van der Waals surface area (Å²) in [5.74, 6) is -1.45. The standard InChI is InChI=1S/C17H16BrN3O6/c1-19(8-11-3-5-12(18)6-4-11)15(22)10-20-9-13(21(25)26)7-14(16(20)23)17(24)27-2/h3-7,9H,8,10H2,1-2H3. The summed E-state index contributed by atoms with van der Waals surface area (Å²) in [7, 11) is 2.61. The molecule has 0 radical (unpaired) electrons. The first-order valence-electron chi connectivity index (χ1n) is 7.68. The number of rotatable bonds is 6. The molecule has 0 saturated heterocycles. The third-order valence-corrected chi connectivity index (χ3v) is 4.28. The highest BCUT2D eigenvalue weighted by Gasteiger charge is 2.21. The van der Waals surface area contributed by atoms with Gasteiger partial charge in [-0.1, -0.05) is 28.1 Å². The van der Waals surface area contributed by atoms with E-state index in [9.17, 15) is 24.5 Å². The van der Waals surface area contributed by atoms with E-state index in [4.69, 9.17) is 0 Å². The molecule has 0 fully saturated rings. The molecule has 1 aromatic heterocycles. The molecule has 1 heterocycles. The molecule has 0 bridgehead atoms. The van der Waals surface area contributed by atoms with Crippen LogP contribution in [0.15, 0.2) is 45.8 Å². The number of nitro groups is 1. The molecule has 1 aromatic carbocycles. The van der Waals surface area contributed by atoms with Crippen LogP contribution in [0.5, 0.6) is 0 Å². The van der Waals surface area contributed by atoms with Crippen molar-refractivity contribution in [1.82, 2.24) is 9.47 Å². The van der Waals surface area contributed by atoms with E-state index in [1.165, 1.54) is 4.90 Å². The van der Waals surface area contributed by atoms with Crippen LogP contribution in [0.4, 0.5) is 5.69 Å². The van der Waals surface area contributed by atoms with Crippen molar-refractivity contribution >= 4 is 33.5 Å². The second-order valence-corrected chi connectivity index (χ2v) is 6.59. The number of amides is 1. The van der Waals surface area contributed by atoms with E-state index in [0.29, 0.717) is 6.54 Å². The molecular formula is C17H16BrN3O6. The summed E-state index contributed by atoms with van der Waals surface area (Å²) in [6.07, 6.45) is 0.931. The number of esters is 1. The molecule has 0 aliphatic heterocycles. The largest absolute Gasteiger partial charge is 0.465 e. The maximum Gasteiger partial charge on any atom is 0.343 e. The number of aromatic nitrogens is 1. The fourth-order valence-corrected chi connectivity index (χ4v) is 2.58. The normalized spacial score (nSPS) is 10.3. The lowest BCUT2D eigenvalue weighted by molar-refractivity contribution is -0.385. The van der Waals surface area contributed by atoms with Crippen molar-refractivity contribution in [1.29, 1.82) is 0 Å². The zero-order chi connectivity index (χ0) is 20.1. The van der Waals surface area contributed by atoms with Crippen LogP contribution in [0.3, 0.4) is 0 Å². The van der Waals surface area contributed by atoms with Crippen molar-refractivity contribution in [2.45, 2.75) is 13.1 Å². The molecule has 0 saturated carbocycles. The van der Waals surface area contributed by atoms with E-state index >= 15 is 0 Å². The highest BCUT2D eigenvalue weighted by molar-refractivity contribution is 9.10. The molecule has 142 valence electrons. The third kappa shape index (κ3) is 5.00. The van der Waals surface area contributed by atoms with E-state index in [1.807, 2.05) is 24.3 Å². The first-order valence-corrected chi connectivity index (χ1v) is 8.48. The van der Waals surface area contributed by atoms with Crippen LogP contribution in [0.2, 0.25) is 0 Å². The van der Waals surface area contributed by atoms with E-state index in [1.54, 1.807) is 7.05 Å². The van der Waals surface area contributed by atoms with Gasteiger partial charge >= 0.3 is 5.97 Å². The fourth-order valence-electron chi connectivity index (χ4n) is 2.31. The lowest BCUT2D eigenvalue weighted by Crippen LogP contribution is -2.35. The number of pyridine rings is 1. The average Bonchev–Trinajstić information content (AvgIpc) is 2.64. The lowest BCUT2D eigenvalue weighted by atomic mass is 10.2. The minimum atomic E-state index is -1.01. The topological polar surface area (TPSA) is 112 Å². The first-order chi connectivity index (χ1) is 12.7. The Morgan fingerprint density at radius 2 is 1.93 bits per heavy atom. The summed E-state index contributed by atoms with van der Waals surface area (Å²) in [5.41, 5.74) is -0.957. The average molecular weight is 438 g/mol. The number of carbonyl (C=O) groups excluding carboxylic acids is 2. The summed E-state index contributed by atoms with van der Waals surface area (Å²) in [4.78, 5) is 48.2. The van der Waals surface area contributed by atoms with Gasteiger partial charge in [-0.05, 0) is 17.7 Å². The SMILES string of the molecule is COC(=O)c1cc([N+](=O)[O-])cn(CC(=O)N(C)Cc2ccc(Br)cc2)c1=O. The summed E-state index contributed by atoms with van der Waals surface area (Å²) >= 11 is 3.32. The highest BCUT2D eigenvalue weighted by atomic mass is 79.9. The maximum atomic E-state index is 12.4. The quantitative estimate of drug-likeness (QED) is 0.387. The zero-order valence-corrected chi connectivity index (χ0v) is 16.1. The number of carbonyl (C=O) groups is 2. The molecule has 9 nitrogen and oxygen atoms in total. The smallest absolute Gasteiger partial charge is 0.343 e. The Hall–Kier alpha value is -3.01. The Morgan fingerprint density at radius 3 is 2.48 bits per heavy atom. The summed E-state index contributed by atoms with van der Waals surface area (Å²) in [6, 6.07) is 8.18. The van der Waals surface area contributed by atoms with Crippen LogP contribution in [0.25, 0.3) is 0 Å². The van der Waals surface area contributed by atoms with Crippen LogP contribution >= 0.6 is 15.9 Å². The monoisotopic (exact) mass is 437 g/mol. The molecule has 2 aromatic rings. The molecule has 0 spiro atoms. The summed E-state index contributed by atoms with van der Waals surface area (Å²) in [6.45, 7) is -0.156. The number of hydrogen-bond donors (Lipinski definition) is 0. The Labute approximate surface area is 162 Å². The van der Waals surface area contributed by atoms with Gasteiger partial charge in [0.1, 0.15) is 12.1 Å². The molecule has 0 unspecified atom stereocenters. The second-order valence-electron chi connectivity index (χ2n) is 5.67. The van der Waals surface area contributed by atoms with Gasteiger partial charge in [0.2, 0.25) is 5.91 Å². The predicted molar refractivity (Wildman–Crippen MR) is 99.3 cm³/mol. The Morgan fingerprint density at radius 1 is 1.30 bits per heavy atom. The third-order valence-electron chi connectivity index (χ3n) is 3.75. The minimum absolute atomic E-state index is 0.291. The molecule has 1 amide bonds. The Balaban J connectivity index is 2.26. The van der Waals surface area contributed by atoms with Gasteiger partial charge < -0.3 is 9.64 Å². The number of hydrogen-bond acceptors (Lipinski definition) is 6. The van der Waals surface area contributed by atoms with Gasteiger partial charge in [0.25, 0.3) is 11.2 Å². The van der Waals surface area contributed by atoms with Gasteiger partial charge in [-0.15, -0.1) is 0 Å². The van der Waals surface area contributed by atoms with Crippen molar-refractivity contribution in [2.75, 3.05) is 14.2 Å². The number of methoxy groups -OCH3 is 1. The van der Waals surface area contributed by atoms with Gasteiger partial charge in [0, 0.05) is 24.1 Å². The van der Waals surface area contributed by atoms with Gasteiger partial charge in [0.15, 0.2) is 0 Å². The summed E-state index contributed by atoms with van der Waals surface area (Å²) < 4.78 is 6.21. The number of nitrogens with zero attached hydrogens (tertiary/aromatic N) is 3. The molecule has 27 heavy (non-hydrogen) atoms. The minimum Gasteiger partial charge on any atom is -0.465 e. The van der Waals surface area contributed by atoms with Crippen LogP contribution in [-0.4, -0.2) is 40.4 Å². The van der Waals surface area contributed by atoms with E-state index in [-0.39, 0.29) is 0 Å². The maximum absolute atomic E-state index is 12.4. The van der Waals surface area contributed by atoms with E-state index in [0.717, 1.165) is 34.0 Å². The van der Waals surface area contributed by atoms with Gasteiger partial charge in [0.05, 0.1) is 18.2 Å². The van der Waals surface area contributed by atoms with Crippen molar-refractivity contribution in [3.63, 3.8) is 0 Å². The van der Waals surface area contributed by atoms with Crippen LogP contribution in [0, 0.1) is 10.1 Å². The van der Waals surface area contributed by atoms with Gasteiger partial charge in [-0.3, -0.25) is 24.3 Å². The zero-order valence-electron chi connectivity index (χ0n) is 14.5. The molecule has 0 atom stereocenters. The van der Waals surface area contributed by atoms with Gasteiger partial charge in [-0.2, -0.15) is 0 Å². The summed E-state index contributed by atoms with van der Waals surface area (Å²) in [5, 5.41) is 11.1. The fraction of sp³-hybridized carbons (Fsp3) is 0.235. The lowest BCUT2D eigenvalue weighted by Gasteiger charge is -2.18. The molecule has 2 rings (SSSR count). The number of likely N-dealkylation sites (N-methyl/N-ethyl adjacent to an activating group) is 1. The highest BCUT2D eigenvalue weighted by Crippen LogP contribution is 2.13. The molecule has 10 heteroatoms. The molecular weight excluding hydrogens is 422 g/mol. The van der Waals surface area contributed by atoms with Crippen molar-refractivity contribution < 1.29 is 19.2 Å². The number of ether oxygens (including phenoxy) is 1. The first kappa shape index (κ1) is 20.3. The number of benzene rings is 1. The number of halogens is 1. The van der Waals surface area contributed by atoms with Crippen LogP contribution in [-0.2, 0) is 22.6 Å². The Kier molecular flexibility index (Phi) is 6.45. The molecule has 0 N–H and O–H groups in total. The Bertz CT molecular complexity index is 939. The van der Waals surface area contributed by atoms with Crippen molar-refractivity contribution in [3.05, 3.63) is 72.6 Å². The molecule has 0 aliphatic carbocycles. The van der Waals surface area contributed by atoms with Crippen LogP contribution < -0.4 is 5.56 Å². The second kappa shape index (κ2) is 8.58. The predicted octanol–water partition coefficient (Wildman–Crippen LogP) is 1.96. The van der Waals surface area contributed by atoms with Gasteiger partial charge in [-0.25, -0.2) is 4.79 Å². The van der Waals surface area contributed by atoms with Crippen molar-refractivity contribution in [2.24, 2.45) is 0 Å². The van der Waals surface area contributed by atoms with E-state index in [2.05, 4.69) is 20.7 Å².